The van der Waals surface area contributed by atoms with Crippen LogP contribution < -0.4 is 53.0 Å². The Labute approximate surface area is 568 Å². The average Bonchev–Trinajstić information content (AvgIpc) is 1.56. The van der Waals surface area contributed by atoms with Crippen LogP contribution in [-0.2, 0) is 84.8 Å². The number of methoxy groups -OCH3 is 1. The molecule has 10 atom stereocenters. The molecule has 3 aliphatic heterocycles. The first kappa shape index (κ1) is 69.5. The van der Waals surface area contributed by atoms with E-state index in [4.69, 9.17) is 10.5 Å². The van der Waals surface area contributed by atoms with E-state index in [1.54, 1.807) is 48.5 Å². The number of fused-ring (bicyclic) bond motifs is 25. The minimum atomic E-state index is -2.04. The largest absolute Gasteiger partial charge is 0.497 e. The van der Waals surface area contributed by atoms with Crippen LogP contribution in [0.25, 0.3) is 27.5 Å². The van der Waals surface area contributed by atoms with Crippen molar-refractivity contribution in [2.75, 3.05) is 13.7 Å². The molecule has 100 heavy (non-hydrogen) atoms. The number of aromatic nitrogens is 7. The third-order valence-electron chi connectivity index (χ3n) is 18.5. The molecule has 32 heteroatoms. The van der Waals surface area contributed by atoms with Crippen molar-refractivity contribution in [2.24, 2.45) is 5.73 Å². The molecule has 4 aromatic carbocycles. The summed E-state index contributed by atoms with van der Waals surface area (Å²) >= 11 is 0. The summed E-state index contributed by atoms with van der Waals surface area (Å²) in [6, 6.07) is 9.63. The van der Waals surface area contributed by atoms with Crippen LogP contribution in [0.5, 0.6) is 5.75 Å². The van der Waals surface area contributed by atoms with Crippen molar-refractivity contribution in [1.82, 2.24) is 82.4 Å². The third kappa shape index (κ3) is 15.4. The normalized spacial score (nSPS) is 24.6. The van der Waals surface area contributed by atoms with Gasteiger partial charge in [0.15, 0.2) is 0 Å². The van der Waals surface area contributed by atoms with E-state index in [1.807, 2.05) is 0 Å². The highest BCUT2D eigenvalue weighted by atomic mass is 19.1. The standard InChI is InChI=1S/C68H73F2N17O13/c1-34-59(92)78-51(22-38-29-73-48-16-10-40(69)24-45(38)48)61(94)79-52(23-39-30-74-49-17-11-41(70)25-46(39)49)62(95)80-54(27-57(89)90)63(96)83-68(28-47(68)56-31-72-33-75-56)66(99)82-55(21-37-8-14-44(100-4)15-9-37)64(97)86-19-5-18-67(86,3)65(98)81-50(58(71)91)20-36-6-12-43(13-7-36)87-32-42(84-85-87)26-53(60(93)76-34)77-35(2)88/h6-17,24-25,29-34,47,50-55,73-74H,5,18-23,26-28H2,1-4H3,(H2,71,91)(H,72,75)(H,76,93)(H,77,88)(H,78,92)(H,79,94)(H,80,95)(H,81,98)(H,82,99)(H,83,96)(H,89,90)/t34-,47+,50+,51+,52+,53-,54+,55+,67+,68-/m1/s1. The Balaban J connectivity index is 0.975. The van der Waals surface area contributed by atoms with E-state index in [0.29, 0.717) is 56.7 Å². The zero-order chi connectivity index (χ0) is 71.3. The first-order chi connectivity index (χ1) is 47.8. The molecule has 1 saturated carbocycles. The van der Waals surface area contributed by atoms with Crippen molar-refractivity contribution in [2.45, 2.75) is 138 Å². The number of carboxylic acid groups (broad SMARTS) is 1. The number of nitrogens with two attached hydrogens (primary N) is 1. The number of halogens is 2. The topological polar surface area (TPSA) is 434 Å². The zero-order valence-corrected chi connectivity index (χ0v) is 54.6. The first-order valence-electron chi connectivity index (χ1n) is 32.2. The number of imidazole rings is 1. The lowest BCUT2D eigenvalue weighted by molar-refractivity contribution is -0.147. The van der Waals surface area contributed by atoms with Crippen molar-refractivity contribution >= 4 is 86.8 Å². The quantitative estimate of drug-likeness (QED) is 0.0755. The summed E-state index contributed by atoms with van der Waals surface area (Å²) in [6.07, 6.45) is 4.79. The Morgan fingerprint density at radius 2 is 1.35 bits per heavy atom. The van der Waals surface area contributed by atoms with Gasteiger partial charge in [-0.25, -0.2) is 18.4 Å². The van der Waals surface area contributed by atoms with Crippen LogP contribution in [0.4, 0.5) is 8.78 Å². The van der Waals surface area contributed by atoms with Gasteiger partial charge in [-0.15, -0.1) is 5.10 Å². The molecule has 14 N–H and O–H groups in total. The number of aliphatic carboxylic acids is 1. The van der Waals surface area contributed by atoms with Crippen LogP contribution in [-0.4, -0.2) is 177 Å². The first-order valence-corrected chi connectivity index (χ1v) is 32.2. The molecule has 10 amide bonds. The molecule has 12 rings (SSSR count). The van der Waals surface area contributed by atoms with Crippen molar-refractivity contribution < 1.29 is 71.4 Å². The number of H-pyrrole nitrogens is 3. The smallest absolute Gasteiger partial charge is 0.305 e. The van der Waals surface area contributed by atoms with Gasteiger partial charge in [0.05, 0.1) is 37.4 Å². The van der Waals surface area contributed by atoms with Crippen LogP contribution in [0.1, 0.15) is 86.0 Å². The lowest BCUT2D eigenvalue weighted by Gasteiger charge is -2.37. The van der Waals surface area contributed by atoms with Gasteiger partial charge < -0.3 is 78.0 Å². The maximum atomic E-state index is 15.4. The number of ether oxygens (including phenoxy) is 1. The number of carbonyl (C=O) groups is 11. The number of hydrogen-bond donors (Lipinski definition) is 13. The van der Waals surface area contributed by atoms with Crippen LogP contribution in [0.15, 0.2) is 116 Å². The molecule has 1 spiro atoms. The van der Waals surface area contributed by atoms with E-state index in [0.717, 1.165) is 0 Å². The van der Waals surface area contributed by atoms with Crippen LogP contribution in [0.2, 0.25) is 0 Å². The highest BCUT2D eigenvalue weighted by molar-refractivity contribution is 6.03. The Morgan fingerprint density at radius 1 is 0.720 bits per heavy atom. The van der Waals surface area contributed by atoms with Crippen molar-refractivity contribution in [3.8, 4) is 11.4 Å². The molecule has 4 aromatic heterocycles. The van der Waals surface area contributed by atoms with Crippen molar-refractivity contribution in [1.29, 1.82) is 0 Å². The second kappa shape index (κ2) is 29.1. The van der Waals surface area contributed by atoms with Crippen LogP contribution in [0, 0.1) is 11.6 Å². The molecule has 8 aromatic rings. The number of benzene rings is 4. The third-order valence-corrected chi connectivity index (χ3v) is 18.5. The summed E-state index contributed by atoms with van der Waals surface area (Å²) in [6.45, 7) is 3.99. The van der Waals surface area contributed by atoms with Gasteiger partial charge in [-0.2, -0.15) is 0 Å². The number of nitrogens with one attached hydrogen (secondary N) is 11. The SMILES string of the molecule is COc1ccc(C[C@@H]2NC(=O)[C@]3(C[C@H]3c3cnc[nH]3)NC(=O)[C@H](CC(=O)O)NC(=O)[C@H](Cc3c[nH]c4ccc(F)cc34)NC(=O)[C@H](Cc3c[nH]c4ccc(F)cc34)NC(=O)[C@@H](C)NC(=O)[C@H](NC(C)=O)Cc3cn(nn3)-c3ccc(cc3)C[C@@H](C(N)=O)NC(=O)[C@]3(C)CCCN3C2=O)cc1. The number of carbonyl (C=O) groups excluding carboxylic acids is 10. The van der Waals surface area contributed by atoms with E-state index in [9.17, 15) is 38.3 Å². The number of hydrogen-bond acceptors (Lipinski definition) is 15. The molecule has 4 bridgehead atoms. The average molecular weight is 1370 g/mol. The second-order valence-corrected chi connectivity index (χ2v) is 25.5. The number of carboxylic acids is 1. The molecule has 7 heterocycles. The van der Waals surface area contributed by atoms with E-state index in [-0.39, 0.29) is 55.3 Å². The number of rotatable bonds is 12. The molecule has 4 aliphatic rings. The summed E-state index contributed by atoms with van der Waals surface area (Å²) in [4.78, 5) is 173. The van der Waals surface area contributed by atoms with Gasteiger partial charge in [0.2, 0.25) is 59.1 Å². The summed E-state index contributed by atoms with van der Waals surface area (Å²) in [5, 5.41) is 40.5. The van der Waals surface area contributed by atoms with E-state index >= 15 is 28.4 Å². The number of amides is 10. The summed E-state index contributed by atoms with van der Waals surface area (Å²) in [5.74, 6) is -12.6. The van der Waals surface area contributed by atoms with Crippen LogP contribution in [0.3, 0.4) is 0 Å². The second-order valence-electron chi connectivity index (χ2n) is 25.5. The van der Waals surface area contributed by atoms with E-state index in [2.05, 4.69) is 72.8 Å². The fraction of sp³-hybridized carbons (Fsp3) is 0.353. The van der Waals surface area contributed by atoms with E-state index in [1.165, 1.54) is 105 Å². The summed E-state index contributed by atoms with van der Waals surface area (Å²) in [5.41, 5.74) is 5.73. The van der Waals surface area contributed by atoms with Gasteiger partial charge >= 0.3 is 5.97 Å². The molecular formula is C68H73F2N17O13. The molecule has 0 radical (unpaired) electrons. The van der Waals surface area contributed by atoms with Crippen LogP contribution >= 0.6 is 0 Å². The molecule has 2 fully saturated rings. The Hall–Kier alpha value is -11.9. The summed E-state index contributed by atoms with van der Waals surface area (Å²) in [7, 11) is 1.46. The van der Waals surface area contributed by atoms with Gasteiger partial charge in [-0.3, -0.25) is 52.7 Å². The number of aromatic amines is 3. The Bertz CT molecular complexity index is 4480. The van der Waals surface area contributed by atoms with Gasteiger partial charge in [0, 0.05) is 97.6 Å². The van der Waals surface area contributed by atoms with Gasteiger partial charge in [0.25, 0.3) is 0 Å². The number of primary amides is 1. The molecule has 0 unspecified atom stereocenters. The molecule has 1 saturated heterocycles. The minimum absolute atomic E-state index is 0.0131. The zero-order valence-electron chi connectivity index (χ0n) is 54.6. The van der Waals surface area contributed by atoms with Gasteiger partial charge in [-0.1, -0.05) is 29.5 Å². The molecule has 1 aliphatic carbocycles. The maximum absolute atomic E-state index is 15.4. The lowest BCUT2D eigenvalue weighted by Crippen LogP contribution is -2.64. The Morgan fingerprint density at radius 3 is 1.94 bits per heavy atom. The van der Waals surface area contributed by atoms with Gasteiger partial charge in [0.1, 0.15) is 70.8 Å². The highest BCUT2D eigenvalue weighted by Gasteiger charge is 2.63. The van der Waals surface area contributed by atoms with Crippen molar-refractivity contribution in [3.63, 3.8) is 0 Å². The molecule has 30 nitrogen and oxygen atoms in total. The van der Waals surface area contributed by atoms with Gasteiger partial charge in [-0.05, 0) is 116 Å². The maximum Gasteiger partial charge on any atom is 0.305 e. The lowest BCUT2D eigenvalue weighted by atomic mass is 9.94. The monoisotopic (exact) mass is 1370 g/mol. The predicted molar refractivity (Wildman–Crippen MR) is 352 cm³/mol. The Kier molecular flexibility index (Phi) is 20.2. The molecule has 522 valence electrons. The van der Waals surface area contributed by atoms with E-state index < -0.39 is 155 Å². The fourth-order valence-corrected chi connectivity index (χ4v) is 12.9. The minimum Gasteiger partial charge on any atom is -0.497 e. The predicted octanol–water partition coefficient (Wildman–Crippen LogP) is 0.884. The molecular weight excluding hydrogens is 1300 g/mol. The summed E-state index contributed by atoms with van der Waals surface area (Å²) < 4.78 is 36.7. The van der Waals surface area contributed by atoms with Crippen molar-refractivity contribution in [3.05, 3.63) is 161 Å². The highest BCUT2D eigenvalue weighted by Crippen LogP contribution is 2.51. The number of nitrogens with zero attached hydrogens (tertiary/aromatic N) is 5. The fourth-order valence-electron chi connectivity index (χ4n) is 12.9.